The van der Waals surface area contributed by atoms with Gasteiger partial charge in [-0.2, -0.15) is 4.52 Å². The number of hydrogen-bond donors (Lipinski definition) is 1. The average molecular weight is 464 g/mol. The largest absolute Gasteiger partial charge is 0.372 e. The molecule has 0 aliphatic carbocycles. The van der Waals surface area contributed by atoms with Gasteiger partial charge in [0.05, 0.1) is 16.7 Å². The Morgan fingerprint density at radius 3 is 2.41 bits per heavy atom. The summed E-state index contributed by atoms with van der Waals surface area (Å²) < 4.78 is 1.61. The van der Waals surface area contributed by atoms with Gasteiger partial charge in [-0.05, 0) is 70.2 Å². The maximum absolute atomic E-state index is 13.4. The third-order valence-electron chi connectivity index (χ3n) is 6.40. The van der Waals surface area contributed by atoms with Crippen molar-refractivity contribution in [1.82, 2.24) is 14.6 Å². The van der Waals surface area contributed by atoms with Gasteiger partial charge in [0.25, 0.3) is 5.56 Å². The Hall–Kier alpha value is -2.89. The van der Waals surface area contributed by atoms with Crippen molar-refractivity contribution in [2.45, 2.75) is 86.5 Å². The molecule has 184 valence electrons. The normalized spacial score (nSPS) is 12.8. The van der Waals surface area contributed by atoms with Crippen LogP contribution in [0, 0.1) is 6.92 Å². The van der Waals surface area contributed by atoms with Gasteiger partial charge in [0.15, 0.2) is 5.65 Å². The van der Waals surface area contributed by atoms with E-state index in [0.717, 1.165) is 91.2 Å². The van der Waals surface area contributed by atoms with Crippen LogP contribution in [-0.4, -0.2) is 27.7 Å². The molecule has 0 saturated heterocycles. The van der Waals surface area contributed by atoms with Crippen molar-refractivity contribution in [2.24, 2.45) is 4.99 Å². The topological polar surface area (TPSA) is 65.8 Å². The first-order chi connectivity index (χ1) is 16.5. The maximum atomic E-state index is 13.4. The molecule has 3 aromatic rings. The fourth-order valence-corrected chi connectivity index (χ4v) is 4.48. The molecule has 0 saturated carbocycles. The molecule has 0 spiro atoms. The molecule has 0 fully saturated rings. The Labute approximate surface area is 203 Å². The molecule has 6 heteroatoms. The third kappa shape index (κ3) is 5.43. The standard InChI is InChI=1S/C28H41N5O/c1-7-12-13-16-25-26(29-23-18-17-21(19-20(23)6)32(10-4)11-5)27-30-24(15-9-3)22(14-8-2)28(34)33(27)31-25/h16-19,31H,7-15H2,1-6H3/b25-16+,29-26?. The number of aromatic amines is 1. The van der Waals surface area contributed by atoms with Crippen LogP contribution in [0.4, 0.5) is 11.4 Å². The Kier molecular flexibility index (Phi) is 9.08. The highest BCUT2D eigenvalue weighted by Gasteiger charge is 2.15. The summed E-state index contributed by atoms with van der Waals surface area (Å²) in [6.07, 6.45) is 8.74. The maximum Gasteiger partial charge on any atom is 0.276 e. The molecule has 2 heterocycles. The molecule has 0 atom stereocenters. The Bertz CT molecular complexity index is 1280. The van der Waals surface area contributed by atoms with Crippen molar-refractivity contribution >= 4 is 23.1 Å². The Balaban J connectivity index is 2.29. The van der Waals surface area contributed by atoms with E-state index in [-0.39, 0.29) is 5.56 Å². The molecular formula is C28H41N5O. The number of nitrogens with one attached hydrogen (secondary N) is 1. The van der Waals surface area contributed by atoms with Gasteiger partial charge in [-0.1, -0.05) is 46.1 Å². The van der Waals surface area contributed by atoms with Crippen LogP contribution < -0.4 is 21.2 Å². The van der Waals surface area contributed by atoms with E-state index in [1.54, 1.807) is 4.52 Å². The number of fused-ring (bicyclic) bond motifs is 1. The minimum absolute atomic E-state index is 0.00972. The number of hydrogen-bond acceptors (Lipinski definition) is 4. The monoisotopic (exact) mass is 463 g/mol. The SMILES string of the molecule is CCCC/C=c1/[nH]n2c(=O)c(CCC)c(CCC)nc2c1=Nc1ccc(N(CC)CC)cc1C. The fraction of sp³-hybridized carbons (Fsp3) is 0.536. The van der Waals surface area contributed by atoms with Crippen LogP contribution in [-0.2, 0) is 12.8 Å². The molecule has 0 unspecified atom stereocenters. The molecule has 0 bridgehead atoms. The van der Waals surface area contributed by atoms with Crippen molar-refractivity contribution in [3.63, 3.8) is 0 Å². The van der Waals surface area contributed by atoms with Crippen LogP contribution in [0.5, 0.6) is 0 Å². The summed E-state index contributed by atoms with van der Waals surface area (Å²) in [7, 11) is 0. The van der Waals surface area contributed by atoms with Gasteiger partial charge in [0, 0.05) is 24.3 Å². The summed E-state index contributed by atoms with van der Waals surface area (Å²) in [5.41, 5.74) is 5.61. The minimum Gasteiger partial charge on any atom is -0.372 e. The van der Waals surface area contributed by atoms with Gasteiger partial charge in [-0.3, -0.25) is 9.89 Å². The van der Waals surface area contributed by atoms with Crippen LogP contribution >= 0.6 is 0 Å². The number of rotatable bonds is 11. The zero-order chi connectivity index (χ0) is 24.7. The highest BCUT2D eigenvalue weighted by Crippen LogP contribution is 2.24. The van der Waals surface area contributed by atoms with Crippen molar-refractivity contribution in [3.8, 4) is 0 Å². The lowest BCUT2D eigenvalue weighted by atomic mass is 10.1. The highest BCUT2D eigenvalue weighted by atomic mass is 16.1. The van der Waals surface area contributed by atoms with Gasteiger partial charge in [-0.15, -0.1) is 0 Å². The zero-order valence-corrected chi connectivity index (χ0v) is 21.9. The molecule has 1 N–H and O–H groups in total. The average Bonchev–Trinajstić information content (AvgIpc) is 3.16. The van der Waals surface area contributed by atoms with E-state index in [1.807, 2.05) is 0 Å². The van der Waals surface area contributed by atoms with Gasteiger partial charge in [0.2, 0.25) is 0 Å². The Morgan fingerprint density at radius 1 is 1.06 bits per heavy atom. The summed E-state index contributed by atoms with van der Waals surface area (Å²) in [4.78, 5) is 25.9. The van der Waals surface area contributed by atoms with E-state index in [2.05, 4.69) is 75.8 Å². The van der Waals surface area contributed by atoms with Crippen LogP contribution in [0.15, 0.2) is 28.0 Å². The lowest BCUT2D eigenvalue weighted by molar-refractivity contribution is 0.775. The number of benzene rings is 1. The van der Waals surface area contributed by atoms with E-state index in [1.165, 1.54) is 5.69 Å². The predicted octanol–water partition coefficient (Wildman–Crippen LogP) is 5.00. The van der Waals surface area contributed by atoms with Crippen LogP contribution in [0.1, 0.15) is 83.5 Å². The second kappa shape index (κ2) is 12.0. The first-order valence-electron chi connectivity index (χ1n) is 13.1. The van der Waals surface area contributed by atoms with Crippen molar-refractivity contribution in [2.75, 3.05) is 18.0 Å². The number of anilines is 1. The first-order valence-corrected chi connectivity index (χ1v) is 13.1. The summed E-state index contributed by atoms with van der Waals surface area (Å²) in [5, 5.41) is 4.96. The zero-order valence-electron chi connectivity index (χ0n) is 21.9. The van der Waals surface area contributed by atoms with Crippen molar-refractivity contribution in [3.05, 3.63) is 56.1 Å². The molecule has 0 aliphatic rings. The molecule has 0 radical (unpaired) electrons. The van der Waals surface area contributed by atoms with E-state index in [0.29, 0.717) is 5.65 Å². The lowest BCUT2D eigenvalue weighted by Crippen LogP contribution is -2.24. The number of aromatic nitrogens is 3. The van der Waals surface area contributed by atoms with E-state index >= 15 is 0 Å². The van der Waals surface area contributed by atoms with E-state index < -0.39 is 0 Å². The third-order valence-corrected chi connectivity index (χ3v) is 6.40. The number of unbranched alkanes of at least 4 members (excludes halogenated alkanes) is 2. The Morgan fingerprint density at radius 2 is 1.79 bits per heavy atom. The number of nitrogens with zero attached hydrogens (tertiary/aromatic N) is 4. The molecule has 0 aliphatic heterocycles. The molecule has 1 aromatic carbocycles. The second-order valence-corrected chi connectivity index (χ2v) is 8.98. The van der Waals surface area contributed by atoms with Crippen molar-refractivity contribution in [1.29, 1.82) is 0 Å². The minimum atomic E-state index is 0.00972. The lowest BCUT2D eigenvalue weighted by Gasteiger charge is -2.21. The van der Waals surface area contributed by atoms with Crippen LogP contribution in [0.3, 0.4) is 0 Å². The molecule has 3 rings (SSSR count). The van der Waals surface area contributed by atoms with Gasteiger partial charge >= 0.3 is 0 Å². The fourth-order valence-electron chi connectivity index (χ4n) is 4.48. The summed E-state index contributed by atoms with van der Waals surface area (Å²) >= 11 is 0. The van der Waals surface area contributed by atoms with E-state index in [9.17, 15) is 4.79 Å². The smallest absolute Gasteiger partial charge is 0.276 e. The molecule has 2 aromatic heterocycles. The number of aryl methyl sites for hydroxylation is 2. The molecular weight excluding hydrogens is 422 g/mol. The highest BCUT2D eigenvalue weighted by molar-refractivity contribution is 5.58. The number of H-pyrrole nitrogens is 1. The molecule has 34 heavy (non-hydrogen) atoms. The quantitative estimate of drug-likeness (QED) is 0.407. The predicted molar refractivity (Wildman–Crippen MR) is 143 cm³/mol. The summed E-state index contributed by atoms with van der Waals surface area (Å²) in [6.45, 7) is 14.8. The molecule has 6 nitrogen and oxygen atoms in total. The first kappa shape index (κ1) is 25.7. The summed E-state index contributed by atoms with van der Waals surface area (Å²) in [5.74, 6) is 0. The molecule has 0 amide bonds. The van der Waals surface area contributed by atoms with Gasteiger partial charge in [0.1, 0.15) is 5.36 Å². The van der Waals surface area contributed by atoms with E-state index in [4.69, 9.17) is 9.98 Å². The van der Waals surface area contributed by atoms with Gasteiger partial charge < -0.3 is 4.90 Å². The summed E-state index contributed by atoms with van der Waals surface area (Å²) in [6, 6.07) is 6.41. The van der Waals surface area contributed by atoms with Crippen molar-refractivity contribution < 1.29 is 0 Å². The second-order valence-electron chi connectivity index (χ2n) is 8.98. The van der Waals surface area contributed by atoms with Crippen LogP contribution in [0.25, 0.3) is 11.7 Å². The van der Waals surface area contributed by atoms with Crippen LogP contribution in [0.2, 0.25) is 0 Å². The van der Waals surface area contributed by atoms with Gasteiger partial charge in [-0.25, -0.2) is 9.98 Å².